The molecule has 0 aliphatic carbocycles. The maximum atomic E-state index is 12.0. The van der Waals surface area contributed by atoms with E-state index in [-0.39, 0.29) is 5.69 Å². The second kappa shape index (κ2) is 7.89. The Morgan fingerprint density at radius 3 is 1.42 bits per heavy atom. The second-order valence-corrected chi connectivity index (χ2v) is 12.4. The summed E-state index contributed by atoms with van der Waals surface area (Å²) in [6, 6.07) is 0. The summed E-state index contributed by atoms with van der Waals surface area (Å²) >= 11 is 21.5. The zero-order chi connectivity index (χ0) is 25.2. The van der Waals surface area contributed by atoms with Gasteiger partial charge in [0.2, 0.25) is 0 Å². The molecule has 7 rings (SSSR count). The highest BCUT2D eigenvalue weighted by Crippen LogP contribution is 2.45. The third-order valence-electron chi connectivity index (χ3n) is 5.71. The van der Waals surface area contributed by atoms with Crippen LogP contribution in [0.25, 0.3) is 66.5 Å². The Kier molecular flexibility index (Phi) is 5.13. The van der Waals surface area contributed by atoms with Crippen molar-refractivity contribution in [3.8, 4) is 0 Å². The zero-order valence-electron chi connectivity index (χ0n) is 16.8. The first kappa shape index (κ1) is 23.4. The Morgan fingerprint density at radius 2 is 0.861 bits per heavy atom. The summed E-state index contributed by atoms with van der Waals surface area (Å²) < 4.78 is 16.1. The Bertz CT molecular complexity index is 1980. The van der Waals surface area contributed by atoms with E-state index in [1.807, 2.05) is 0 Å². The molecule has 0 radical (unpaired) electrons. The van der Waals surface area contributed by atoms with Crippen molar-refractivity contribution in [1.82, 2.24) is 29.9 Å². The minimum Gasteiger partial charge on any atom is -0.450 e. The molecule has 0 aliphatic heterocycles. The molecule has 7 aromatic rings. The van der Waals surface area contributed by atoms with Gasteiger partial charge in [0.25, 0.3) is 0 Å². The summed E-state index contributed by atoms with van der Waals surface area (Å²) in [5.74, 6) is 0. The fourth-order valence-electron chi connectivity index (χ4n) is 4.15. The summed E-state index contributed by atoms with van der Waals surface area (Å²) in [5.41, 5.74) is 5.19. The molecule has 0 fully saturated rings. The minimum atomic E-state index is -0.590. The molecule has 4 aromatic heterocycles. The van der Waals surface area contributed by atoms with Gasteiger partial charge in [-0.1, -0.05) is 0 Å². The van der Waals surface area contributed by atoms with Crippen LogP contribution in [0, 0.1) is 0 Å². The van der Waals surface area contributed by atoms with Crippen LogP contribution >= 0.6 is 95.6 Å². The molecule has 0 saturated carbocycles. The molecule has 0 aliphatic rings. The molecule has 10 nitrogen and oxygen atoms in total. The lowest BCUT2D eigenvalue weighted by Gasteiger charge is -2.14. The van der Waals surface area contributed by atoms with Crippen molar-refractivity contribution in [3.63, 3.8) is 0 Å². The smallest absolute Gasteiger partial charge is 0.368 e. The second-order valence-electron chi connectivity index (χ2n) is 7.69. The summed E-state index contributed by atoms with van der Waals surface area (Å²) in [6.45, 7) is 0. The molecule has 16 heteroatoms. The van der Waals surface area contributed by atoms with Crippen LogP contribution in [0.15, 0.2) is 45.3 Å². The molecule has 3 aromatic carbocycles. The van der Waals surface area contributed by atoms with Crippen molar-refractivity contribution < 1.29 is 8.83 Å². The van der Waals surface area contributed by atoms with Gasteiger partial charge in [-0.05, 0) is 95.6 Å². The molecule has 36 heavy (non-hydrogen) atoms. The number of aromatic amines is 4. The van der Waals surface area contributed by atoms with Crippen molar-refractivity contribution in [2.75, 3.05) is 0 Å². The topological polar surface area (TPSA) is 149 Å². The van der Waals surface area contributed by atoms with E-state index < -0.39 is 5.69 Å². The largest absolute Gasteiger partial charge is 0.450 e. The van der Waals surface area contributed by atoms with Gasteiger partial charge in [0.05, 0.1) is 48.9 Å². The Morgan fingerprint density at radius 1 is 0.472 bits per heavy atom. The fourth-order valence-corrected chi connectivity index (χ4v) is 7.54. The summed E-state index contributed by atoms with van der Waals surface area (Å²) in [6.07, 6.45) is 0. The summed E-state index contributed by atoms with van der Waals surface area (Å²) in [5, 5.41) is 0. The quantitative estimate of drug-likeness (QED) is 0.115. The van der Waals surface area contributed by atoms with Crippen molar-refractivity contribution in [3.05, 3.63) is 47.8 Å². The summed E-state index contributed by atoms with van der Waals surface area (Å²) in [4.78, 5) is 44.1. The first-order chi connectivity index (χ1) is 17.2. The van der Waals surface area contributed by atoms with Crippen molar-refractivity contribution in [1.29, 1.82) is 0 Å². The number of hydrogen-bond acceptors (Lipinski definition) is 6. The van der Waals surface area contributed by atoms with Crippen LogP contribution in [0.4, 0.5) is 0 Å². The van der Waals surface area contributed by atoms with Crippen LogP contribution in [0.5, 0.6) is 0 Å². The Balaban J connectivity index is 1.70. The van der Waals surface area contributed by atoms with E-state index in [4.69, 9.17) is 8.83 Å². The lowest BCUT2D eigenvalue weighted by Crippen LogP contribution is -1.99. The van der Waals surface area contributed by atoms with Gasteiger partial charge in [-0.15, -0.1) is 0 Å². The van der Waals surface area contributed by atoms with Crippen LogP contribution in [-0.2, 0) is 0 Å². The number of nitrogens with one attached hydrogen (secondary N) is 4. The number of rotatable bonds is 0. The number of benzene rings is 3. The lowest BCUT2D eigenvalue weighted by molar-refractivity contribution is 0.643. The molecular formula is C20H4Br6N6O4. The number of nitrogens with zero attached hydrogens (tertiary/aromatic N) is 2. The zero-order valence-corrected chi connectivity index (χ0v) is 26.3. The Hall–Kier alpha value is -1.72. The third-order valence-corrected chi connectivity index (χ3v) is 10.3. The highest BCUT2D eigenvalue weighted by atomic mass is 79.9. The molecule has 0 spiro atoms. The fraction of sp³-hybridized carbons (Fsp3) is 0. The van der Waals surface area contributed by atoms with E-state index >= 15 is 0 Å². The predicted molar refractivity (Wildman–Crippen MR) is 157 cm³/mol. The number of aromatic nitrogens is 6. The van der Waals surface area contributed by atoms with Crippen LogP contribution in [0.3, 0.4) is 0 Å². The molecule has 0 atom stereocenters. The van der Waals surface area contributed by atoms with E-state index in [2.05, 4.69) is 125 Å². The van der Waals surface area contributed by atoms with Gasteiger partial charge in [0.15, 0.2) is 22.3 Å². The van der Waals surface area contributed by atoms with Crippen molar-refractivity contribution in [2.45, 2.75) is 0 Å². The first-order valence-corrected chi connectivity index (χ1v) is 14.5. The van der Waals surface area contributed by atoms with Gasteiger partial charge in [-0.25, -0.2) is 9.59 Å². The van der Waals surface area contributed by atoms with Crippen LogP contribution < -0.4 is 11.4 Å². The van der Waals surface area contributed by atoms with Gasteiger partial charge in [0.1, 0.15) is 22.1 Å². The van der Waals surface area contributed by atoms with Crippen LogP contribution in [0.1, 0.15) is 0 Å². The van der Waals surface area contributed by atoms with Crippen LogP contribution in [-0.4, -0.2) is 29.9 Å². The normalized spacial score (nSPS) is 12.4. The predicted octanol–water partition coefficient (Wildman–Crippen LogP) is 7.75. The first-order valence-electron chi connectivity index (χ1n) is 9.75. The van der Waals surface area contributed by atoms with E-state index in [1.165, 1.54) is 0 Å². The molecule has 0 saturated heterocycles. The maximum Gasteiger partial charge on any atom is 0.368 e. The number of imidazole rings is 2. The van der Waals surface area contributed by atoms with E-state index in [1.54, 1.807) is 0 Å². The van der Waals surface area contributed by atoms with Crippen LogP contribution in [0.2, 0.25) is 0 Å². The molecule has 180 valence electrons. The number of fused-ring (bicyclic) bond motifs is 6. The van der Waals surface area contributed by atoms with Gasteiger partial charge in [-0.3, -0.25) is 0 Å². The van der Waals surface area contributed by atoms with Gasteiger partial charge in [-0.2, -0.15) is 9.97 Å². The summed E-state index contributed by atoms with van der Waals surface area (Å²) in [7, 11) is 0. The third kappa shape index (κ3) is 3.02. The molecule has 0 amide bonds. The van der Waals surface area contributed by atoms with Gasteiger partial charge < -0.3 is 28.8 Å². The highest BCUT2D eigenvalue weighted by molar-refractivity contribution is 9.11. The maximum absolute atomic E-state index is 12.0. The van der Waals surface area contributed by atoms with E-state index in [0.717, 1.165) is 0 Å². The molecule has 0 unspecified atom stereocenters. The highest BCUT2D eigenvalue weighted by Gasteiger charge is 2.24. The number of H-pyrrole nitrogens is 4. The molecule has 0 bridgehead atoms. The van der Waals surface area contributed by atoms with Crippen molar-refractivity contribution in [2.24, 2.45) is 0 Å². The standard InChI is InChI=1S/C20H4Br6N6O4/c21-1-7-9(31-19(33)29-7)3(23)15-11(1)27-13-5(25)18-14(6(26)17(13)35-15)28-12-2(22)8-10(32-20(34)30-8)4(24)16(12)36-18/h27-28H,(H2,29,31,33). The van der Waals surface area contributed by atoms with Crippen molar-refractivity contribution >= 4 is 162 Å². The minimum absolute atomic E-state index is 0.345. The van der Waals surface area contributed by atoms with E-state index in [0.29, 0.717) is 93.3 Å². The molecule has 4 heterocycles. The average Bonchev–Trinajstić information content (AvgIpc) is 3.46. The van der Waals surface area contributed by atoms with Gasteiger partial charge >= 0.3 is 11.4 Å². The molecule has 4 N–H and O–H groups in total. The number of hydrogen-bond donors (Lipinski definition) is 4. The number of halogens is 6. The monoisotopic (exact) mass is 866 g/mol. The lowest BCUT2D eigenvalue weighted by atomic mass is 10.2. The Labute approximate surface area is 246 Å². The SMILES string of the molecule is O=c1nc2c(Br)c3[nH]c4c(Br)c5oc6c(Br)c7[nH]c(=O)[nH]c7c(Br)c6[nH]c5c(Br)c4oc3c(Br)c2n1. The van der Waals surface area contributed by atoms with Gasteiger partial charge in [0, 0.05) is 0 Å². The average molecular weight is 872 g/mol. The van der Waals surface area contributed by atoms with E-state index in [9.17, 15) is 9.59 Å². The molecular weight excluding hydrogens is 868 g/mol.